The Bertz CT molecular complexity index is 538. The van der Waals surface area contributed by atoms with Crippen molar-refractivity contribution in [2.75, 3.05) is 32.9 Å². The molecule has 0 saturated carbocycles. The molecular formula is C19H27NO4. The fraction of sp³-hybridized carbons (Fsp3) is 0.579. The number of nitrogens with zero attached hydrogens (tertiary/aromatic N) is 1. The number of hydrogen-bond acceptors (Lipinski definition) is 5. The number of Topliss-reactive ketones (excluding diaryl/α,β-unsaturated/α-hetero) is 1. The molecule has 132 valence electrons. The number of rotatable bonds is 9. The number of hydrogen-bond donors (Lipinski definition) is 0. The van der Waals surface area contributed by atoms with E-state index >= 15 is 0 Å². The monoisotopic (exact) mass is 333 g/mol. The molecule has 0 N–H and O–H groups in total. The summed E-state index contributed by atoms with van der Waals surface area (Å²) in [6.45, 7) is 6.31. The van der Waals surface area contributed by atoms with E-state index in [2.05, 4.69) is 4.90 Å². The molecule has 0 aliphatic carbocycles. The normalized spacial score (nSPS) is 15.2. The van der Waals surface area contributed by atoms with Crippen molar-refractivity contribution in [1.82, 2.24) is 4.90 Å². The van der Waals surface area contributed by atoms with Gasteiger partial charge in [0.25, 0.3) is 0 Å². The van der Waals surface area contributed by atoms with E-state index in [0.29, 0.717) is 32.3 Å². The van der Waals surface area contributed by atoms with Crippen LogP contribution in [0.3, 0.4) is 0 Å². The van der Waals surface area contributed by atoms with E-state index in [0.717, 1.165) is 44.0 Å². The summed E-state index contributed by atoms with van der Waals surface area (Å²) in [5, 5.41) is 0. The Labute approximate surface area is 143 Å². The van der Waals surface area contributed by atoms with Crippen molar-refractivity contribution < 1.29 is 19.1 Å². The van der Waals surface area contributed by atoms with Crippen molar-refractivity contribution in [1.29, 1.82) is 0 Å². The van der Waals surface area contributed by atoms with E-state index in [4.69, 9.17) is 9.47 Å². The molecule has 0 atom stereocenters. The van der Waals surface area contributed by atoms with E-state index in [1.165, 1.54) is 0 Å². The van der Waals surface area contributed by atoms with Gasteiger partial charge in [-0.15, -0.1) is 0 Å². The molecular weight excluding hydrogens is 306 g/mol. The molecule has 1 aromatic rings. The minimum Gasteiger partial charge on any atom is -0.466 e. The number of carbonyl (C=O) groups is 2. The zero-order valence-corrected chi connectivity index (χ0v) is 14.5. The van der Waals surface area contributed by atoms with Gasteiger partial charge >= 0.3 is 5.97 Å². The molecule has 5 nitrogen and oxygen atoms in total. The van der Waals surface area contributed by atoms with Crippen LogP contribution < -0.4 is 0 Å². The lowest BCUT2D eigenvalue weighted by Gasteiger charge is -2.27. The first-order valence-corrected chi connectivity index (χ1v) is 8.77. The van der Waals surface area contributed by atoms with E-state index < -0.39 is 0 Å². The highest BCUT2D eigenvalue weighted by atomic mass is 16.5. The maximum atomic E-state index is 12.5. The molecule has 0 aromatic heterocycles. The number of esters is 1. The van der Waals surface area contributed by atoms with Gasteiger partial charge in [0.15, 0.2) is 5.78 Å². The maximum absolute atomic E-state index is 12.5. The van der Waals surface area contributed by atoms with E-state index in [-0.39, 0.29) is 11.8 Å². The summed E-state index contributed by atoms with van der Waals surface area (Å²) in [4.78, 5) is 26.1. The quantitative estimate of drug-likeness (QED) is 0.395. The van der Waals surface area contributed by atoms with Gasteiger partial charge in [0.2, 0.25) is 0 Å². The van der Waals surface area contributed by atoms with Gasteiger partial charge < -0.3 is 9.47 Å². The number of benzene rings is 1. The minimum atomic E-state index is -0.183. The zero-order valence-electron chi connectivity index (χ0n) is 14.5. The molecule has 0 amide bonds. The van der Waals surface area contributed by atoms with Gasteiger partial charge in [0.05, 0.1) is 19.8 Å². The molecule has 1 heterocycles. The van der Waals surface area contributed by atoms with E-state index in [9.17, 15) is 9.59 Å². The van der Waals surface area contributed by atoms with Gasteiger partial charge in [-0.1, -0.05) is 24.3 Å². The molecule has 1 aliphatic rings. The van der Waals surface area contributed by atoms with Gasteiger partial charge in [-0.05, 0) is 25.3 Å². The van der Waals surface area contributed by atoms with Crippen LogP contribution in [0.15, 0.2) is 24.3 Å². The second-order valence-electron chi connectivity index (χ2n) is 5.98. The Kier molecular flexibility index (Phi) is 7.92. The van der Waals surface area contributed by atoms with Crippen LogP contribution in [0.4, 0.5) is 0 Å². The number of ether oxygens (including phenoxy) is 2. The Morgan fingerprint density at radius 3 is 2.58 bits per heavy atom. The molecule has 1 saturated heterocycles. The lowest BCUT2D eigenvalue weighted by Crippen LogP contribution is -2.36. The summed E-state index contributed by atoms with van der Waals surface area (Å²) in [6, 6.07) is 7.83. The predicted octanol–water partition coefficient (Wildman–Crippen LogP) is 2.83. The fourth-order valence-corrected chi connectivity index (χ4v) is 2.85. The van der Waals surface area contributed by atoms with Gasteiger partial charge in [0.1, 0.15) is 0 Å². The van der Waals surface area contributed by atoms with Crippen LogP contribution in [0.2, 0.25) is 0 Å². The number of unbranched alkanes of at least 4 members (excludes halogenated alkanes) is 1. The highest BCUT2D eigenvalue weighted by molar-refractivity contribution is 5.97. The second-order valence-corrected chi connectivity index (χ2v) is 5.98. The van der Waals surface area contributed by atoms with Crippen molar-refractivity contribution in [3.05, 3.63) is 35.4 Å². The van der Waals surface area contributed by atoms with Crippen LogP contribution >= 0.6 is 0 Å². The average molecular weight is 333 g/mol. The summed E-state index contributed by atoms with van der Waals surface area (Å²) < 4.78 is 10.3. The summed E-state index contributed by atoms with van der Waals surface area (Å²) >= 11 is 0. The molecule has 0 spiro atoms. The average Bonchev–Trinajstić information content (AvgIpc) is 2.60. The first-order valence-electron chi connectivity index (χ1n) is 8.77. The van der Waals surface area contributed by atoms with Crippen LogP contribution in [-0.2, 0) is 20.8 Å². The van der Waals surface area contributed by atoms with E-state index in [1.807, 2.05) is 24.3 Å². The largest absolute Gasteiger partial charge is 0.466 e. The number of ketones is 1. The molecule has 5 heteroatoms. The lowest BCUT2D eigenvalue weighted by atomic mass is 9.99. The molecule has 0 unspecified atom stereocenters. The zero-order chi connectivity index (χ0) is 17.2. The minimum absolute atomic E-state index is 0.155. The first-order chi connectivity index (χ1) is 11.7. The number of morpholine rings is 1. The molecule has 24 heavy (non-hydrogen) atoms. The van der Waals surface area contributed by atoms with Crippen LogP contribution in [0.25, 0.3) is 0 Å². The van der Waals surface area contributed by atoms with Crippen LogP contribution in [-0.4, -0.2) is 49.6 Å². The van der Waals surface area contributed by atoms with Crippen molar-refractivity contribution in [2.24, 2.45) is 0 Å². The van der Waals surface area contributed by atoms with Crippen LogP contribution in [0.5, 0.6) is 0 Å². The highest BCUT2D eigenvalue weighted by Crippen LogP contribution is 2.16. The number of carbonyl (C=O) groups excluding carboxylic acids is 2. The van der Waals surface area contributed by atoms with Crippen LogP contribution in [0, 0.1) is 0 Å². The third-order valence-electron chi connectivity index (χ3n) is 4.16. The summed E-state index contributed by atoms with van der Waals surface area (Å²) in [6.07, 6.45) is 2.26. The lowest BCUT2D eigenvalue weighted by molar-refractivity contribution is -0.143. The molecule has 0 bridgehead atoms. The Hall–Kier alpha value is -1.72. The van der Waals surface area contributed by atoms with Gasteiger partial charge in [-0.3, -0.25) is 14.5 Å². The molecule has 2 rings (SSSR count). The van der Waals surface area contributed by atoms with Crippen molar-refractivity contribution in [2.45, 2.75) is 39.2 Å². The third-order valence-corrected chi connectivity index (χ3v) is 4.16. The molecule has 1 aromatic carbocycles. The summed E-state index contributed by atoms with van der Waals surface area (Å²) in [5.41, 5.74) is 1.88. The summed E-state index contributed by atoms with van der Waals surface area (Å²) in [7, 11) is 0. The third kappa shape index (κ3) is 6.06. The molecule has 1 aliphatic heterocycles. The van der Waals surface area contributed by atoms with Crippen molar-refractivity contribution in [3.8, 4) is 0 Å². The first kappa shape index (κ1) is 18.6. The van der Waals surface area contributed by atoms with Gasteiger partial charge in [-0.2, -0.15) is 0 Å². The Morgan fingerprint density at radius 2 is 1.83 bits per heavy atom. The summed E-state index contributed by atoms with van der Waals surface area (Å²) in [5.74, 6) is -0.0274. The standard InChI is InChI=1S/C19H27NO4/c1-2-24-19(22)10-6-5-9-18(21)17-8-4-3-7-16(17)15-20-11-13-23-14-12-20/h3-4,7-8H,2,5-6,9-15H2,1H3. The van der Waals surface area contributed by atoms with Gasteiger partial charge in [-0.25, -0.2) is 0 Å². The van der Waals surface area contributed by atoms with Crippen molar-refractivity contribution in [3.63, 3.8) is 0 Å². The van der Waals surface area contributed by atoms with Crippen molar-refractivity contribution >= 4 is 11.8 Å². The maximum Gasteiger partial charge on any atom is 0.305 e. The fourth-order valence-electron chi connectivity index (χ4n) is 2.85. The van der Waals surface area contributed by atoms with E-state index in [1.54, 1.807) is 6.92 Å². The SMILES string of the molecule is CCOC(=O)CCCCC(=O)c1ccccc1CN1CCOCC1. The molecule has 0 radical (unpaired) electrons. The van der Waals surface area contributed by atoms with Crippen LogP contribution in [0.1, 0.15) is 48.5 Å². The Balaban J connectivity index is 1.83. The predicted molar refractivity (Wildman–Crippen MR) is 92.0 cm³/mol. The topological polar surface area (TPSA) is 55.8 Å². The smallest absolute Gasteiger partial charge is 0.305 e. The molecule has 1 fully saturated rings. The van der Waals surface area contributed by atoms with Gasteiger partial charge in [0, 0.05) is 38.0 Å². The second kappa shape index (κ2) is 10.2. The highest BCUT2D eigenvalue weighted by Gasteiger charge is 2.16. The Morgan fingerprint density at radius 1 is 1.12 bits per heavy atom.